The number of carbonyl (C=O) groups is 1. The maximum atomic E-state index is 13.3. The topological polar surface area (TPSA) is 61.8 Å². The average molecular weight is 310 g/mol. The number of anilines is 1. The smallest absolute Gasteiger partial charge is 0.322 e. The van der Waals surface area contributed by atoms with Gasteiger partial charge in [0, 0.05) is 12.6 Å². The van der Waals surface area contributed by atoms with Crippen LogP contribution >= 0.6 is 0 Å². The van der Waals surface area contributed by atoms with E-state index in [1.54, 1.807) is 25.7 Å². The quantitative estimate of drug-likeness (QED) is 0.898. The molecule has 0 saturated carbocycles. The van der Waals surface area contributed by atoms with E-state index < -0.39 is 11.4 Å². The zero-order chi connectivity index (χ0) is 16.3. The molecule has 6 heteroatoms. The second-order valence-corrected chi connectivity index (χ2v) is 6.01. The highest BCUT2D eigenvalue weighted by molar-refractivity contribution is 5.91. The molecule has 122 valence electrons. The van der Waals surface area contributed by atoms with Gasteiger partial charge in [0.2, 0.25) is 0 Å². The van der Waals surface area contributed by atoms with Crippen molar-refractivity contribution in [2.24, 2.45) is 0 Å². The van der Waals surface area contributed by atoms with Gasteiger partial charge < -0.3 is 20.1 Å². The number of ether oxygens (including phenoxy) is 1. The van der Waals surface area contributed by atoms with Crippen molar-refractivity contribution in [2.45, 2.75) is 45.3 Å². The molecule has 0 spiro atoms. The predicted octanol–water partition coefficient (Wildman–Crippen LogP) is 2.99. The molecule has 1 aliphatic rings. The zero-order valence-corrected chi connectivity index (χ0v) is 13.2. The van der Waals surface area contributed by atoms with Crippen LogP contribution in [0.1, 0.15) is 33.6 Å². The van der Waals surface area contributed by atoms with Gasteiger partial charge in [0.05, 0.1) is 23.9 Å². The molecular formula is C16H23FN2O3. The molecule has 0 bridgehead atoms. The molecule has 22 heavy (non-hydrogen) atoms. The van der Waals surface area contributed by atoms with Crippen LogP contribution in [0.25, 0.3) is 0 Å². The number of likely N-dealkylation sites (tertiary alicyclic amines) is 1. The van der Waals surface area contributed by atoms with Gasteiger partial charge in [-0.2, -0.15) is 0 Å². The van der Waals surface area contributed by atoms with Crippen molar-refractivity contribution in [3.05, 3.63) is 24.0 Å². The van der Waals surface area contributed by atoms with Crippen LogP contribution in [-0.2, 0) is 0 Å². The zero-order valence-electron chi connectivity index (χ0n) is 13.2. The number of benzene rings is 1. The summed E-state index contributed by atoms with van der Waals surface area (Å²) in [7, 11) is 0. The van der Waals surface area contributed by atoms with Crippen LogP contribution in [0.5, 0.6) is 5.75 Å². The van der Waals surface area contributed by atoms with Crippen molar-refractivity contribution in [3.8, 4) is 5.75 Å². The summed E-state index contributed by atoms with van der Waals surface area (Å²) in [5.74, 6) is -0.119. The van der Waals surface area contributed by atoms with Gasteiger partial charge in [0.1, 0.15) is 11.6 Å². The van der Waals surface area contributed by atoms with Crippen molar-refractivity contribution in [1.29, 1.82) is 0 Å². The second kappa shape index (κ2) is 6.52. The van der Waals surface area contributed by atoms with E-state index >= 15 is 0 Å². The molecule has 2 rings (SSSR count). The lowest BCUT2D eigenvalue weighted by atomic mass is 9.97. The van der Waals surface area contributed by atoms with Crippen LogP contribution in [-0.4, -0.2) is 40.8 Å². The molecule has 0 aromatic heterocycles. The van der Waals surface area contributed by atoms with E-state index in [4.69, 9.17) is 4.74 Å². The molecule has 1 saturated heterocycles. The lowest BCUT2D eigenvalue weighted by Gasteiger charge is -2.33. The number of aliphatic hydroxyl groups is 1. The van der Waals surface area contributed by atoms with Gasteiger partial charge in [-0.1, -0.05) is 0 Å². The molecule has 1 aromatic rings. The maximum absolute atomic E-state index is 13.3. The fourth-order valence-corrected chi connectivity index (χ4v) is 2.81. The summed E-state index contributed by atoms with van der Waals surface area (Å²) in [6, 6.07) is 3.46. The molecular weight excluding hydrogens is 287 g/mol. The van der Waals surface area contributed by atoms with Crippen molar-refractivity contribution >= 4 is 11.7 Å². The Morgan fingerprint density at radius 3 is 2.91 bits per heavy atom. The minimum atomic E-state index is -0.959. The first-order valence-corrected chi connectivity index (χ1v) is 7.55. The van der Waals surface area contributed by atoms with Crippen LogP contribution in [0.15, 0.2) is 18.2 Å². The second-order valence-electron chi connectivity index (χ2n) is 6.01. The Labute approximate surface area is 130 Å². The molecule has 1 aromatic carbocycles. The lowest BCUT2D eigenvalue weighted by Crippen LogP contribution is -2.49. The van der Waals surface area contributed by atoms with Crippen molar-refractivity contribution in [3.63, 3.8) is 0 Å². The molecule has 1 heterocycles. The third kappa shape index (κ3) is 3.68. The average Bonchev–Trinajstić information content (AvgIpc) is 2.91. The normalized spacial score (nSPS) is 18.4. The predicted molar refractivity (Wildman–Crippen MR) is 82.6 cm³/mol. The maximum Gasteiger partial charge on any atom is 0.322 e. The Kier molecular flexibility index (Phi) is 4.90. The summed E-state index contributed by atoms with van der Waals surface area (Å²) in [5, 5.41) is 12.9. The molecule has 1 fully saturated rings. The number of hydrogen-bond donors (Lipinski definition) is 2. The van der Waals surface area contributed by atoms with Gasteiger partial charge in [0.25, 0.3) is 0 Å². The standard InChI is InChI=1S/C16H23FN2O3/c1-4-22-13-10-11(17)7-8-12(13)18-15(20)19-9-5-6-14(19)16(2,3)21/h7-8,10,14,21H,4-6,9H2,1-3H3,(H,18,20). The van der Waals surface area contributed by atoms with E-state index in [1.807, 2.05) is 0 Å². The number of nitrogens with one attached hydrogen (secondary N) is 1. The van der Waals surface area contributed by atoms with Crippen molar-refractivity contribution < 1.29 is 19.0 Å². The fraction of sp³-hybridized carbons (Fsp3) is 0.562. The van der Waals surface area contributed by atoms with Gasteiger partial charge >= 0.3 is 6.03 Å². The highest BCUT2D eigenvalue weighted by Gasteiger charge is 2.38. The van der Waals surface area contributed by atoms with Crippen LogP contribution < -0.4 is 10.1 Å². The summed E-state index contributed by atoms with van der Waals surface area (Å²) in [4.78, 5) is 14.1. The molecule has 5 nitrogen and oxygen atoms in total. The molecule has 0 radical (unpaired) electrons. The van der Waals surface area contributed by atoms with E-state index in [0.717, 1.165) is 12.8 Å². The highest BCUT2D eigenvalue weighted by Crippen LogP contribution is 2.30. The summed E-state index contributed by atoms with van der Waals surface area (Å²) in [6.07, 6.45) is 1.61. The number of urea groups is 1. The number of carbonyl (C=O) groups excluding carboxylic acids is 1. The van der Waals surface area contributed by atoms with Gasteiger partial charge in [-0.15, -0.1) is 0 Å². The first kappa shape index (κ1) is 16.5. The molecule has 2 N–H and O–H groups in total. The SMILES string of the molecule is CCOc1cc(F)ccc1NC(=O)N1CCCC1C(C)(C)O. The first-order chi connectivity index (χ1) is 10.3. The number of rotatable bonds is 4. The molecule has 1 unspecified atom stereocenters. The van der Waals surface area contributed by atoms with Gasteiger partial charge in [-0.05, 0) is 45.7 Å². The number of halogens is 1. The third-order valence-electron chi connectivity index (χ3n) is 3.81. The van der Waals surface area contributed by atoms with Crippen LogP contribution in [0.4, 0.5) is 14.9 Å². The monoisotopic (exact) mass is 310 g/mol. The van der Waals surface area contributed by atoms with Crippen LogP contribution in [0.2, 0.25) is 0 Å². The van der Waals surface area contributed by atoms with Gasteiger partial charge in [-0.3, -0.25) is 0 Å². The molecule has 1 aliphatic heterocycles. The lowest BCUT2D eigenvalue weighted by molar-refractivity contribution is 0.0117. The van der Waals surface area contributed by atoms with E-state index in [2.05, 4.69) is 5.32 Å². The van der Waals surface area contributed by atoms with Gasteiger partial charge in [0.15, 0.2) is 0 Å². The van der Waals surface area contributed by atoms with E-state index in [1.165, 1.54) is 18.2 Å². The summed E-state index contributed by atoms with van der Waals surface area (Å²) >= 11 is 0. The van der Waals surface area contributed by atoms with Crippen LogP contribution in [0.3, 0.4) is 0 Å². The van der Waals surface area contributed by atoms with E-state index in [0.29, 0.717) is 24.6 Å². The van der Waals surface area contributed by atoms with Crippen molar-refractivity contribution in [1.82, 2.24) is 4.90 Å². The van der Waals surface area contributed by atoms with E-state index in [-0.39, 0.29) is 12.1 Å². The Bertz CT molecular complexity index is 543. The summed E-state index contributed by atoms with van der Waals surface area (Å²) in [5.41, 5.74) is -0.533. The Morgan fingerprint density at radius 2 is 2.27 bits per heavy atom. The minimum Gasteiger partial charge on any atom is -0.492 e. The van der Waals surface area contributed by atoms with Crippen molar-refractivity contribution in [2.75, 3.05) is 18.5 Å². The number of amides is 2. The minimum absolute atomic E-state index is 0.233. The molecule has 2 amide bonds. The number of hydrogen-bond acceptors (Lipinski definition) is 3. The Morgan fingerprint density at radius 1 is 1.55 bits per heavy atom. The van der Waals surface area contributed by atoms with E-state index in [9.17, 15) is 14.3 Å². The molecule has 1 atom stereocenters. The largest absolute Gasteiger partial charge is 0.492 e. The third-order valence-corrected chi connectivity index (χ3v) is 3.81. The summed E-state index contributed by atoms with van der Waals surface area (Å²) in [6.45, 7) is 6.16. The van der Waals surface area contributed by atoms with Gasteiger partial charge in [-0.25, -0.2) is 9.18 Å². The van der Waals surface area contributed by atoms with Crippen LogP contribution in [0, 0.1) is 5.82 Å². The summed E-state index contributed by atoms with van der Waals surface area (Å²) < 4.78 is 18.6. The molecule has 0 aliphatic carbocycles. The number of nitrogens with zero attached hydrogens (tertiary/aromatic N) is 1. The fourth-order valence-electron chi connectivity index (χ4n) is 2.81. The first-order valence-electron chi connectivity index (χ1n) is 7.55. The highest BCUT2D eigenvalue weighted by atomic mass is 19.1. The Hall–Kier alpha value is -1.82. The Balaban J connectivity index is 2.15.